The molecule has 21 heteroatoms. The quantitative estimate of drug-likeness (QED) is 0.0731. The summed E-state index contributed by atoms with van der Waals surface area (Å²) in [6.45, 7) is 30.8. The SMILES string of the molecule is CC(C)C.CC(C)C.CC(CCC=O)NC(=O)CNC=O.CC1CCCN1.CC1CCCN1C.CCN(C=O)C(C)C.CN.CNCC(=O)NC(C)C=O.CNCC=O.O=CCNC(=O)CNC=O. The molecule has 0 aromatic carbocycles. The highest BCUT2D eigenvalue weighted by atomic mass is 16.2. The van der Waals surface area contributed by atoms with E-state index in [1.54, 1.807) is 25.9 Å². The molecule has 2 fully saturated rings. The maximum Gasteiger partial charge on any atom is 0.239 e. The van der Waals surface area contributed by atoms with Crippen molar-refractivity contribution in [2.75, 3.05) is 80.5 Å². The molecule has 410 valence electrons. The van der Waals surface area contributed by atoms with E-state index < -0.39 is 0 Å². The van der Waals surface area contributed by atoms with Gasteiger partial charge in [-0.05, 0) is 134 Å². The van der Waals surface area contributed by atoms with Crippen molar-refractivity contribution in [1.29, 1.82) is 0 Å². The first-order chi connectivity index (χ1) is 32.5. The van der Waals surface area contributed by atoms with Gasteiger partial charge in [-0.3, -0.25) is 28.8 Å². The zero-order chi connectivity index (χ0) is 55.4. The van der Waals surface area contributed by atoms with Crippen LogP contribution in [-0.2, 0) is 47.9 Å². The number of carbonyl (C=O) groups is 10. The summed E-state index contributed by atoms with van der Waals surface area (Å²) in [6, 6.07) is 1.56. The van der Waals surface area contributed by atoms with Crippen molar-refractivity contribution in [3.05, 3.63) is 0 Å². The van der Waals surface area contributed by atoms with Gasteiger partial charge in [0.25, 0.3) is 0 Å². The summed E-state index contributed by atoms with van der Waals surface area (Å²) >= 11 is 0. The number of nitrogens with two attached hydrogens (primary N) is 1. The van der Waals surface area contributed by atoms with Crippen LogP contribution < -0.4 is 48.3 Å². The minimum atomic E-state index is -0.388. The Labute approximate surface area is 418 Å². The van der Waals surface area contributed by atoms with Crippen LogP contribution in [0.5, 0.6) is 0 Å². The number of nitrogens with one attached hydrogen (secondary N) is 8. The van der Waals surface area contributed by atoms with Gasteiger partial charge in [0.2, 0.25) is 37.0 Å². The van der Waals surface area contributed by atoms with Gasteiger partial charge in [0, 0.05) is 37.1 Å². The molecule has 0 saturated carbocycles. The van der Waals surface area contributed by atoms with Gasteiger partial charge in [0.15, 0.2) is 0 Å². The Kier molecular flexibility index (Phi) is 79.6. The second-order valence-corrected chi connectivity index (χ2v) is 16.9. The molecular weight excluding hydrogens is 891 g/mol. The minimum Gasteiger partial charge on any atom is -0.352 e. The molecule has 21 nitrogen and oxygen atoms in total. The van der Waals surface area contributed by atoms with E-state index >= 15 is 0 Å². The summed E-state index contributed by atoms with van der Waals surface area (Å²) in [6.07, 6.45) is 11.3. The van der Waals surface area contributed by atoms with E-state index in [-0.39, 0.29) is 56.0 Å². The van der Waals surface area contributed by atoms with E-state index in [4.69, 9.17) is 0 Å². The van der Waals surface area contributed by atoms with Gasteiger partial charge in [-0.1, -0.05) is 41.5 Å². The molecule has 0 spiro atoms. The zero-order valence-corrected chi connectivity index (χ0v) is 46.0. The molecule has 2 rings (SSSR count). The van der Waals surface area contributed by atoms with Crippen molar-refractivity contribution >= 4 is 62.1 Å². The lowest BCUT2D eigenvalue weighted by atomic mass is 10.2. The maximum atomic E-state index is 11.0. The standard InChI is InChI=1S/C8H14N2O3.C6H12N2O2.C6H13NO.C6H13N.C5H8N2O3.C5H11N.2C4H10.C3H7NO.CH5N/c1-7(3-2-4-11)10-8(13)5-9-6-12;1-5(4-9)8-6(10)3-7-2;1-4-7(5-8)6(2)3;1-6-4-3-5-7(6)2;8-2-1-7-5(10)3-6-4-9;1-5-3-2-4-6-5;2*1-4(2)3;1-4-2-3-5;1-2/h4,6-7H,2-3,5H2,1H3,(H,9,12)(H,10,13);4-5,7H,3H2,1-2H3,(H,8,10);5-6H,4H2,1-3H3;6H,3-5H2,1-2H3;2,4H,1,3H2,(H,6,9)(H,7,10);5-6H,2-4H2,1H3;2*4H,1-3H3;3-4H,2H2,1H3;2H2,1H3. The summed E-state index contributed by atoms with van der Waals surface area (Å²) in [5, 5.41) is 20.4. The largest absolute Gasteiger partial charge is 0.352 e. The monoisotopic (exact) mass is 994 g/mol. The Hall–Kier alpha value is -4.70. The number of hydrogen-bond donors (Lipinski definition) is 9. The third-order valence-corrected chi connectivity index (χ3v) is 7.77. The van der Waals surface area contributed by atoms with Crippen LogP contribution in [0, 0.1) is 11.8 Å². The van der Waals surface area contributed by atoms with Crippen molar-refractivity contribution in [1.82, 2.24) is 52.3 Å². The van der Waals surface area contributed by atoms with Crippen molar-refractivity contribution in [2.24, 2.45) is 17.6 Å². The molecule has 4 atom stereocenters. The van der Waals surface area contributed by atoms with Crippen molar-refractivity contribution in [2.45, 2.75) is 159 Å². The van der Waals surface area contributed by atoms with Crippen LogP contribution >= 0.6 is 0 Å². The second-order valence-electron chi connectivity index (χ2n) is 16.9. The number of likely N-dealkylation sites (N-methyl/N-ethyl adjacent to an activating group) is 2. The molecule has 4 unspecified atom stereocenters. The van der Waals surface area contributed by atoms with E-state index in [1.807, 2.05) is 27.7 Å². The molecule has 0 radical (unpaired) electrons. The molecule has 2 heterocycles. The molecule has 6 amide bonds. The van der Waals surface area contributed by atoms with Gasteiger partial charge in [-0.25, -0.2) is 0 Å². The summed E-state index contributed by atoms with van der Waals surface area (Å²) in [5.41, 5.74) is 4.50. The van der Waals surface area contributed by atoms with Crippen molar-refractivity contribution < 1.29 is 47.9 Å². The number of amides is 6. The number of nitrogens with zero attached hydrogens (tertiary/aromatic N) is 2. The number of aldehydes is 4. The van der Waals surface area contributed by atoms with Crippen molar-refractivity contribution in [3.63, 3.8) is 0 Å². The van der Waals surface area contributed by atoms with E-state index in [0.717, 1.165) is 49.4 Å². The topological polar surface area (TPSA) is 299 Å². The molecule has 0 aromatic rings. The summed E-state index contributed by atoms with van der Waals surface area (Å²) < 4.78 is 0. The minimum absolute atomic E-state index is 0.0145. The molecule has 69 heavy (non-hydrogen) atoms. The van der Waals surface area contributed by atoms with Crippen LogP contribution in [0.15, 0.2) is 0 Å². The van der Waals surface area contributed by atoms with Crippen LogP contribution in [0.25, 0.3) is 0 Å². The van der Waals surface area contributed by atoms with E-state index in [1.165, 1.54) is 45.8 Å². The Bertz CT molecular complexity index is 1150. The second kappa shape index (κ2) is 67.6. The summed E-state index contributed by atoms with van der Waals surface area (Å²) in [5.74, 6) is 0.881. The maximum absolute atomic E-state index is 11.0. The van der Waals surface area contributed by atoms with E-state index in [2.05, 4.69) is 116 Å². The normalized spacial score (nSPS) is 14.3. The molecule has 0 aromatic heterocycles. The molecule has 0 bridgehead atoms. The predicted octanol–water partition coefficient (Wildman–Crippen LogP) is 1.21. The van der Waals surface area contributed by atoms with Crippen LogP contribution in [0.2, 0.25) is 0 Å². The Morgan fingerprint density at radius 3 is 1.43 bits per heavy atom. The first kappa shape index (κ1) is 81.3. The lowest BCUT2D eigenvalue weighted by Crippen LogP contribution is -2.38. The van der Waals surface area contributed by atoms with Gasteiger partial charge in [0.1, 0.15) is 25.1 Å². The first-order valence-corrected chi connectivity index (χ1v) is 24.0. The van der Waals surface area contributed by atoms with Gasteiger partial charge >= 0.3 is 0 Å². The van der Waals surface area contributed by atoms with Gasteiger partial charge < -0.3 is 77.2 Å². The molecular formula is C48H103N11O10. The Morgan fingerprint density at radius 2 is 1.19 bits per heavy atom. The smallest absolute Gasteiger partial charge is 0.239 e. The van der Waals surface area contributed by atoms with Crippen LogP contribution in [0.3, 0.4) is 0 Å². The Morgan fingerprint density at radius 1 is 0.696 bits per heavy atom. The molecule has 0 aliphatic carbocycles. The van der Waals surface area contributed by atoms with Gasteiger partial charge in [-0.2, -0.15) is 0 Å². The van der Waals surface area contributed by atoms with Gasteiger partial charge in [-0.15, -0.1) is 0 Å². The van der Waals surface area contributed by atoms with Crippen molar-refractivity contribution in [3.8, 4) is 0 Å². The van der Waals surface area contributed by atoms with Crippen LogP contribution in [-0.4, -0.2) is 183 Å². The molecule has 2 aliphatic rings. The highest BCUT2D eigenvalue weighted by Crippen LogP contribution is 2.12. The molecule has 2 saturated heterocycles. The molecule has 2 aliphatic heterocycles. The lowest BCUT2D eigenvalue weighted by Gasteiger charge is -2.18. The first-order valence-electron chi connectivity index (χ1n) is 24.0. The number of rotatable bonds is 21. The fourth-order valence-corrected chi connectivity index (χ4v) is 4.28. The predicted molar refractivity (Wildman–Crippen MR) is 280 cm³/mol. The fraction of sp³-hybridized carbons (Fsp3) is 0.792. The highest BCUT2D eigenvalue weighted by molar-refractivity contribution is 5.82. The van der Waals surface area contributed by atoms with E-state index in [9.17, 15) is 47.9 Å². The van der Waals surface area contributed by atoms with Gasteiger partial charge in [0.05, 0.1) is 38.8 Å². The van der Waals surface area contributed by atoms with E-state index in [0.29, 0.717) is 50.8 Å². The summed E-state index contributed by atoms with van der Waals surface area (Å²) in [7, 11) is 7.09. The Balaban J connectivity index is -0.000000103. The zero-order valence-electron chi connectivity index (χ0n) is 46.0. The third-order valence-electron chi connectivity index (χ3n) is 7.77. The third kappa shape index (κ3) is 90.4. The van der Waals surface area contributed by atoms with Crippen LogP contribution in [0.4, 0.5) is 0 Å². The number of carbonyl (C=O) groups excluding carboxylic acids is 10. The average Bonchev–Trinajstić information content (AvgIpc) is 3.94. The average molecular weight is 994 g/mol. The summed E-state index contributed by atoms with van der Waals surface area (Å²) in [4.78, 5) is 105. The number of likely N-dealkylation sites (tertiary alicyclic amines) is 1. The fourth-order valence-electron chi connectivity index (χ4n) is 4.28. The molecule has 10 N–H and O–H groups in total. The number of hydrogen-bond acceptors (Lipinski definition) is 15. The lowest BCUT2D eigenvalue weighted by molar-refractivity contribution is -0.123. The van der Waals surface area contributed by atoms with Crippen LogP contribution in [0.1, 0.15) is 129 Å². The highest BCUT2D eigenvalue weighted by Gasteiger charge is 2.14.